The van der Waals surface area contributed by atoms with Crippen molar-refractivity contribution in [3.05, 3.63) is 29.3 Å². The zero-order valence-electron chi connectivity index (χ0n) is 12.5. The molecule has 2 unspecified atom stereocenters. The number of nitrogens with two attached hydrogens (primary N) is 1. The second-order valence-electron chi connectivity index (χ2n) is 6.69. The molecule has 3 N–H and O–H groups in total. The van der Waals surface area contributed by atoms with E-state index in [2.05, 4.69) is 51.3 Å². The zero-order valence-corrected chi connectivity index (χ0v) is 12.5. The van der Waals surface area contributed by atoms with Gasteiger partial charge < -0.3 is 4.74 Å². The molecule has 0 radical (unpaired) electrons. The summed E-state index contributed by atoms with van der Waals surface area (Å²) in [6.45, 7) is 9.93. The number of nitrogens with one attached hydrogen (secondary N) is 1. The molecule has 2 rings (SSSR count). The van der Waals surface area contributed by atoms with Gasteiger partial charge in [-0.05, 0) is 34.9 Å². The Morgan fingerprint density at radius 1 is 1.37 bits per heavy atom. The zero-order chi connectivity index (χ0) is 14.0. The smallest absolute Gasteiger partial charge is 0.122 e. The average Bonchev–Trinajstić information content (AvgIpc) is 2.81. The maximum absolute atomic E-state index is 5.76. The number of hydrogen-bond donors (Lipinski definition) is 2. The first-order chi connectivity index (χ1) is 8.91. The van der Waals surface area contributed by atoms with E-state index in [9.17, 15) is 0 Å². The third-order valence-corrected chi connectivity index (χ3v) is 4.38. The van der Waals surface area contributed by atoms with E-state index >= 15 is 0 Å². The highest BCUT2D eigenvalue weighted by Crippen LogP contribution is 2.35. The molecule has 1 aromatic carbocycles. The van der Waals surface area contributed by atoms with Gasteiger partial charge in [0.05, 0.1) is 6.61 Å². The van der Waals surface area contributed by atoms with Crippen LogP contribution in [0.1, 0.15) is 51.3 Å². The summed E-state index contributed by atoms with van der Waals surface area (Å²) in [5.41, 5.74) is 5.85. The molecular formula is C16H26N2O. The molecule has 0 spiro atoms. The Hall–Kier alpha value is -1.06. The molecule has 106 valence electrons. The SMILES string of the molecule is CC(CC(NN)c1ccc2c(c1)CCO2)C(C)(C)C. The van der Waals surface area contributed by atoms with Crippen molar-refractivity contribution in [2.24, 2.45) is 17.2 Å². The van der Waals surface area contributed by atoms with Crippen LogP contribution >= 0.6 is 0 Å². The van der Waals surface area contributed by atoms with E-state index in [0.29, 0.717) is 11.3 Å². The summed E-state index contributed by atoms with van der Waals surface area (Å²) in [5, 5.41) is 0. The molecule has 1 aliphatic rings. The summed E-state index contributed by atoms with van der Waals surface area (Å²) in [6, 6.07) is 6.65. The van der Waals surface area contributed by atoms with E-state index in [1.165, 1.54) is 11.1 Å². The molecule has 0 amide bonds. The number of fused-ring (bicyclic) bond motifs is 1. The molecule has 0 fully saturated rings. The van der Waals surface area contributed by atoms with Crippen molar-refractivity contribution in [3.63, 3.8) is 0 Å². The van der Waals surface area contributed by atoms with E-state index in [0.717, 1.165) is 25.2 Å². The van der Waals surface area contributed by atoms with Gasteiger partial charge in [-0.25, -0.2) is 0 Å². The third-order valence-electron chi connectivity index (χ3n) is 4.38. The molecule has 3 nitrogen and oxygen atoms in total. The van der Waals surface area contributed by atoms with Crippen molar-refractivity contribution in [2.75, 3.05) is 6.61 Å². The van der Waals surface area contributed by atoms with Gasteiger partial charge in [-0.15, -0.1) is 0 Å². The van der Waals surface area contributed by atoms with E-state index in [-0.39, 0.29) is 6.04 Å². The predicted octanol–water partition coefficient (Wildman–Crippen LogP) is 3.20. The van der Waals surface area contributed by atoms with Crippen molar-refractivity contribution in [1.29, 1.82) is 0 Å². The number of benzene rings is 1. The summed E-state index contributed by atoms with van der Waals surface area (Å²) in [7, 11) is 0. The second kappa shape index (κ2) is 5.51. The molecule has 19 heavy (non-hydrogen) atoms. The minimum Gasteiger partial charge on any atom is -0.493 e. The van der Waals surface area contributed by atoms with Gasteiger partial charge in [0.1, 0.15) is 5.75 Å². The fourth-order valence-electron chi connectivity index (χ4n) is 2.43. The van der Waals surface area contributed by atoms with E-state index in [1.54, 1.807) is 0 Å². The Bertz CT molecular complexity index is 437. The second-order valence-corrected chi connectivity index (χ2v) is 6.69. The van der Waals surface area contributed by atoms with Crippen LogP contribution in [-0.4, -0.2) is 6.61 Å². The molecule has 1 aliphatic heterocycles. The van der Waals surface area contributed by atoms with Gasteiger partial charge >= 0.3 is 0 Å². The molecular weight excluding hydrogens is 236 g/mol. The fourth-order valence-corrected chi connectivity index (χ4v) is 2.43. The first-order valence-corrected chi connectivity index (χ1v) is 7.13. The third kappa shape index (κ3) is 3.28. The lowest BCUT2D eigenvalue weighted by Crippen LogP contribution is -2.32. The summed E-state index contributed by atoms with van der Waals surface area (Å²) in [4.78, 5) is 0. The summed E-state index contributed by atoms with van der Waals surface area (Å²) in [5.74, 6) is 7.39. The van der Waals surface area contributed by atoms with Crippen LogP contribution in [0, 0.1) is 11.3 Å². The van der Waals surface area contributed by atoms with E-state index in [1.807, 2.05) is 0 Å². The summed E-state index contributed by atoms with van der Waals surface area (Å²) >= 11 is 0. The lowest BCUT2D eigenvalue weighted by atomic mass is 9.77. The predicted molar refractivity (Wildman–Crippen MR) is 78.9 cm³/mol. The highest BCUT2D eigenvalue weighted by Gasteiger charge is 2.24. The highest BCUT2D eigenvalue weighted by atomic mass is 16.5. The first kappa shape index (κ1) is 14.4. The van der Waals surface area contributed by atoms with Crippen molar-refractivity contribution in [1.82, 2.24) is 5.43 Å². The molecule has 0 saturated carbocycles. The van der Waals surface area contributed by atoms with Gasteiger partial charge in [0, 0.05) is 12.5 Å². The van der Waals surface area contributed by atoms with Crippen LogP contribution in [-0.2, 0) is 6.42 Å². The molecule has 0 saturated heterocycles. The van der Waals surface area contributed by atoms with Gasteiger partial charge in [0.2, 0.25) is 0 Å². The van der Waals surface area contributed by atoms with Crippen molar-refractivity contribution < 1.29 is 4.74 Å². The molecule has 1 heterocycles. The quantitative estimate of drug-likeness (QED) is 0.647. The van der Waals surface area contributed by atoms with Crippen molar-refractivity contribution in [3.8, 4) is 5.75 Å². The van der Waals surface area contributed by atoms with Crippen molar-refractivity contribution >= 4 is 0 Å². The monoisotopic (exact) mass is 262 g/mol. The molecule has 0 aromatic heterocycles. The molecule has 0 bridgehead atoms. The minimum absolute atomic E-state index is 0.208. The van der Waals surface area contributed by atoms with Gasteiger partial charge in [-0.2, -0.15) is 0 Å². The van der Waals surface area contributed by atoms with Crippen LogP contribution in [0.3, 0.4) is 0 Å². The van der Waals surface area contributed by atoms with Gasteiger partial charge in [0.15, 0.2) is 0 Å². The molecule has 1 aromatic rings. The maximum atomic E-state index is 5.76. The average molecular weight is 262 g/mol. The lowest BCUT2D eigenvalue weighted by molar-refractivity contribution is 0.223. The van der Waals surface area contributed by atoms with Crippen molar-refractivity contribution in [2.45, 2.75) is 46.6 Å². The Morgan fingerprint density at radius 3 is 2.74 bits per heavy atom. The normalized spacial score (nSPS) is 17.7. The Labute approximate surface area is 116 Å². The number of ether oxygens (including phenoxy) is 1. The Kier molecular flexibility index (Phi) is 4.16. The highest BCUT2D eigenvalue weighted by molar-refractivity contribution is 5.40. The Balaban J connectivity index is 2.14. The maximum Gasteiger partial charge on any atom is 0.122 e. The van der Waals surface area contributed by atoms with Crippen LogP contribution in [0.5, 0.6) is 5.75 Å². The summed E-state index contributed by atoms with van der Waals surface area (Å²) < 4.78 is 5.55. The van der Waals surface area contributed by atoms with Crippen LogP contribution in [0.4, 0.5) is 0 Å². The van der Waals surface area contributed by atoms with E-state index < -0.39 is 0 Å². The summed E-state index contributed by atoms with van der Waals surface area (Å²) in [6.07, 6.45) is 2.05. The number of hydrazine groups is 1. The standard InChI is InChI=1S/C16H26N2O/c1-11(16(2,3)4)9-14(18-17)12-5-6-15-13(10-12)7-8-19-15/h5-6,10-11,14,18H,7-9,17H2,1-4H3. The van der Waals surface area contributed by atoms with Crippen LogP contribution in [0.25, 0.3) is 0 Å². The Morgan fingerprint density at radius 2 is 2.11 bits per heavy atom. The van der Waals surface area contributed by atoms with E-state index in [4.69, 9.17) is 10.6 Å². The molecule has 0 aliphatic carbocycles. The lowest BCUT2D eigenvalue weighted by Gasteiger charge is -2.30. The topological polar surface area (TPSA) is 47.3 Å². The largest absolute Gasteiger partial charge is 0.493 e. The van der Waals surface area contributed by atoms with Crippen LogP contribution in [0.2, 0.25) is 0 Å². The van der Waals surface area contributed by atoms with Gasteiger partial charge in [-0.1, -0.05) is 39.8 Å². The minimum atomic E-state index is 0.208. The van der Waals surface area contributed by atoms with Gasteiger partial charge in [0.25, 0.3) is 0 Å². The van der Waals surface area contributed by atoms with Gasteiger partial charge in [-0.3, -0.25) is 11.3 Å². The first-order valence-electron chi connectivity index (χ1n) is 7.13. The number of rotatable bonds is 4. The van der Waals surface area contributed by atoms with Crippen LogP contribution < -0.4 is 16.0 Å². The number of hydrogen-bond acceptors (Lipinski definition) is 3. The fraction of sp³-hybridized carbons (Fsp3) is 0.625. The van der Waals surface area contributed by atoms with Crippen LogP contribution in [0.15, 0.2) is 18.2 Å². The molecule has 2 atom stereocenters. The molecule has 3 heteroatoms.